The monoisotopic (exact) mass is 109 g/mol. The van der Waals surface area contributed by atoms with Crippen LogP contribution in [0.5, 0.6) is 0 Å². The molecule has 1 aromatic heterocycles. The van der Waals surface area contributed by atoms with E-state index in [0.29, 0.717) is 5.69 Å². The SMILES string of the molecule is [2H]c1cc(C)nc(C)c1[2H]. The number of rotatable bonds is 0. The van der Waals surface area contributed by atoms with Crippen LogP contribution in [0.15, 0.2) is 18.2 Å². The molecule has 0 unspecified atom stereocenters. The molecule has 1 aromatic rings. The maximum absolute atomic E-state index is 7.29. The Bertz CT molecular complexity index is 235. The van der Waals surface area contributed by atoms with E-state index in [9.17, 15) is 0 Å². The first-order valence-electron chi connectivity index (χ1n) is 3.52. The molecule has 0 fully saturated rings. The van der Waals surface area contributed by atoms with Crippen LogP contribution in [0.25, 0.3) is 0 Å². The number of nitrogens with zero attached hydrogens (tertiary/aromatic N) is 1. The normalized spacial score (nSPS) is 12.8. The smallest absolute Gasteiger partial charge is 0.0642 e. The Hall–Kier alpha value is -0.850. The lowest BCUT2D eigenvalue weighted by molar-refractivity contribution is 1.12. The Morgan fingerprint density at radius 2 is 2.25 bits per heavy atom. The van der Waals surface area contributed by atoms with Crippen molar-refractivity contribution in [3.05, 3.63) is 29.5 Å². The second-order valence-corrected chi connectivity index (χ2v) is 1.75. The van der Waals surface area contributed by atoms with Crippen LogP contribution in [0.3, 0.4) is 0 Å². The summed E-state index contributed by atoms with van der Waals surface area (Å²) >= 11 is 0. The van der Waals surface area contributed by atoms with Crippen LogP contribution in [0, 0.1) is 13.8 Å². The molecule has 0 saturated heterocycles. The van der Waals surface area contributed by atoms with Crippen molar-refractivity contribution in [3.8, 4) is 0 Å². The van der Waals surface area contributed by atoms with Crippen molar-refractivity contribution in [1.29, 1.82) is 0 Å². The molecule has 0 aliphatic carbocycles. The van der Waals surface area contributed by atoms with Gasteiger partial charge in [-0.25, -0.2) is 0 Å². The van der Waals surface area contributed by atoms with E-state index in [1.165, 1.54) is 0 Å². The highest BCUT2D eigenvalue weighted by Gasteiger charge is 1.82. The topological polar surface area (TPSA) is 12.9 Å². The first kappa shape index (κ1) is 3.23. The quantitative estimate of drug-likeness (QED) is 0.494. The molecule has 0 atom stereocenters. The molecule has 1 rings (SSSR count). The average molecular weight is 109 g/mol. The molecule has 1 nitrogen and oxygen atoms in total. The summed E-state index contributed by atoms with van der Waals surface area (Å²) in [5, 5.41) is 0. The first-order chi connectivity index (χ1) is 4.61. The molecule has 0 N–H and O–H groups in total. The minimum atomic E-state index is 0.227. The largest absolute Gasteiger partial charge is 0.258 e. The minimum absolute atomic E-state index is 0.227. The zero-order valence-corrected chi connectivity index (χ0v) is 5.02. The Labute approximate surface area is 52.2 Å². The van der Waals surface area contributed by atoms with Gasteiger partial charge in [-0.1, -0.05) is 6.04 Å². The predicted molar refractivity (Wildman–Crippen MR) is 33.7 cm³/mol. The third-order valence-corrected chi connectivity index (χ3v) is 0.878. The van der Waals surface area contributed by atoms with E-state index >= 15 is 0 Å². The van der Waals surface area contributed by atoms with Gasteiger partial charge in [0.1, 0.15) is 0 Å². The van der Waals surface area contributed by atoms with E-state index in [4.69, 9.17) is 2.74 Å². The van der Waals surface area contributed by atoms with E-state index < -0.39 is 0 Å². The van der Waals surface area contributed by atoms with E-state index in [2.05, 4.69) is 4.98 Å². The molecule has 0 aliphatic rings. The van der Waals surface area contributed by atoms with Crippen LogP contribution < -0.4 is 0 Å². The van der Waals surface area contributed by atoms with Crippen molar-refractivity contribution in [2.45, 2.75) is 13.8 Å². The fourth-order valence-corrected chi connectivity index (χ4v) is 0.570. The molecule has 0 saturated carbocycles. The molecular formula is C7H9N. The summed E-state index contributed by atoms with van der Waals surface area (Å²) in [4.78, 5) is 4.03. The lowest BCUT2D eigenvalue weighted by Gasteiger charge is -1.90. The average Bonchev–Trinajstić information content (AvgIpc) is 1.82. The lowest BCUT2D eigenvalue weighted by atomic mass is 10.3. The van der Waals surface area contributed by atoms with Gasteiger partial charge in [0.2, 0.25) is 0 Å². The fraction of sp³-hybridized carbons (Fsp3) is 0.286. The van der Waals surface area contributed by atoms with Gasteiger partial charge >= 0.3 is 0 Å². The van der Waals surface area contributed by atoms with Crippen LogP contribution in [-0.2, 0) is 0 Å². The highest BCUT2D eigenvalue weighted by atomic mass is 14.7. The van der Waals surface area contributed by atoms with Crippen molar-refractivity contribution in [2.75, 3.05) is 0 Å². The second kappa shape index (κ2) is 1.95. The van der Waals surface area contributed by atoms with Crippen LogP contribution in [0.4, 0.5) is 0 Å². The van der Waals surface area contributed by atoms with E-state index in [0.717, 1.165) is 5.69 Å². The number of hydrogen-bond acceptors (Lipinski definition) is 1. The second-order valence-electron chi connectivity index (χ2n) is 1.75. The third kappa shape index (κ3) is 1.06. The molecule has 0 bridgehead atoms. The Kier molecular flexibility index (Phi) is 0.787. The van der Waals surface area contributed by atoms with Gasteiger partial charge in [0.15, 0.2) is 0 Å². The highest BCUT2D eigenvalue weighted by molar-refractivity contribution is 5.07. The van der Waals surface area contributed by atoms with Gasteiger partial charge in [0.05, 0.1) is 2.74 Å². The minimum Gasteiger partial charge on any atom is -0.258 e. The molecule has 8 heavy (non-hydrogen) atoms. The standard InChI is InChI=1S/C7H9N/c1-6-4-3-5-7(2)8-6/h3-5H,1-2H3/i3D,4D. The van der Waals surface area contributed by atoms with Crippen LogP contribution in [-0.4, -0.2) is 4.98 Å². The maximum atomic E-state index is 7.29. The van der Waals surface area contributed by atoms with Gasteiger partial charge in [-0.2, -0.15) is 0 Å². The molecular weight excluding hydrogens is 98.1 g/mol. The van der Waals surface area contributed by atoms with Crippen molar-refractivity contribution < 1.29 is 2.74 Å². The number of pyridine rings is 1. The summed E-state index contributed by atoms with van der Waals surface area (Å²) in [6.45, 7) is 3.57. The van der Waals surface area contributed by atoms with Gasteiger partial charge in [-0.05, 0) is 26.0 Å². The molecule has 1 heterocycles. The first-order valence-corrected chi connectivity index (χ1v) is 2.52. The molecule has 0 amide bonds. The predicted octanol–water partition coefficient (Wildman–Crippen LogP) is 1.70. The fourth-order valence-electron chi connectivity index (χ4n) is 0.570. The summed E-state index contributed by atoms with van der Waals surface area (Å²) in [6.07, 6.45) is 0. The lowest BCUT2D eigenvalue weighted by Crippen LogP contribution is -1.81. The Morgan fingerprint density at radius 1 is 1.50 bits per heavy atom. The Balaban J connectivity index is 3.31. The Morgan fingerprint density at radius 3 is 2.88 bits per heavy atom. The molecule has 0 aliphatic heterocycles. The van der Waals surface area contributed by atoms with Crippen molar-refractivity contribution in [3.63, 3.8) is 0 Å². The van der Waals surface area contributed by atoms with Crippen LogP contribution >= 0.6 is 0 Å². The molecule has 1 heteroatoms. The number of aryl methyl sites for hydroxylation is 2. The highest BCUT2D eigenvalue weighted by Crippen LogP contribution is 1.93. The van der Waals surface area contributed by atoms with Gasteiger partial charge in [0, 0.05) is 11.4 Å². The van der Waals surface area contributed by atoms with Crippen LogP contribution in [0.2, 0.25) is 0 Å². The zero-order chi connectivity index (χ0) is 7.72. The van der Waals surface area contributed by atoms with Crippen LogP contribution in [0.1, 0.15) is 14.1 Å². The molecule has 42 valence electrons. The van der Waals surface area contributed by atoms with E-state index in [1.807, 2.05) is 6.92 Å². The van der Waals surface area contributed by atoms with Gasteiger partial charge in [0.25, 0.3) is 0 Å². The summed E-state index contributed by atoms with van der Waals surface area (Å²) in [5.41, 5.74) is 1.43. The third-order valence-electron chi connectivity index (χ3n) is 0.878. The van der Waals surface area contributed by atoms with Crippen molar-refractivity contribution in [2.24, 2.45) is 0 Å². The summed E-state index contributed by atoms with van der Waals surface area (Å²) < 4.78 is 14.6. The number of aromatic nitrogens is 1. The molecule has 0 spiro atoms. The van der Waals surface area contributed by atoms with Crippen molar-refractivity contribution in [1.82, 2.24) is 4.98 Å². The van der Waals surface area contributed by atoms with Crippen molar-refractivity contribution >= 4 is 0 Å². The van der Waals surface area contributed by atoms with Gasteiger partial charge in [-0.15, -0.1) is 0 Å². The summed E-state index contributed by atoms with van der Waals surface area (Å²) in [5.74, 6) is 0. The number of hydrogen-bond donors (Lipinski definition) is 0. The summed E-state index contributed by atoms with van der Waals surface area (Å²) in [7, 11) is 0. The van der Waals surface area contributed by atoms with E-state index in [-0.39, 0.29) is 12.1 Å². The van der Waals surface area contributed by atoms with Gasteiger partial charge < -0.3 is 0 Å². The zero-order valence-electron chi connectivity index (χ0n) is 7.02. The summed E-state index contributed by atoms with van der Waals surface area (Å²) in [6, 6.07) is 2.07. The molecule has 0 aromatic carbocycles. The van der Waals surface area contributed by atoms with Gasteiger partial charge in [-0.3, -0.25) is 4.98 Å². The maximum Gasteiger partial charge on any atom is 0.0642 e. The van der Waals surface area contributed by atoms with E-state index in [1.54, 1.807) is 13.0 Å². The molecule has 0 radical (unpaired) electrons.